The number of aromatic nitrogens is 1. The molecule has 20 heavy (non-hydrogen) atoms. The van der Waals surface area contributed by atoms with Gasteiger partial charge in [-0.2, -0.15) is 0 Å². The molecule has 0 amide bonds. The van der Waals surface area contributed by atoms with E-state index in [1.54, 1.807) is 0 Å². The molecule has 0 fully saturated rings. The van der Waals surface area contributed by atoms with E-state index in [2.05, 4.69) is 36.5 Å². The lowest BCUT2D eigenvalue weighted by atomic mass is 10.1. The average molecular weight is 274 g/mol. The summed E-state index contributed by atoms with van der Waals surface area (Å²) < 4.78 is 10.8. The molecule has 0 spiro atoms. The maximum absolute atomic E-state index is 5.75. The van der Waals surface area contributed by atoms with E-state index < -0.39 is 0 Å². The molecule has 0 aliphatic rings. The van der Waals surface area contributed by atoms with Gasteiger partial charge >= 0.3 is 0 Å². The van der Waals surface area contributed by atoms with E-state index in [4.69, 9.17) is 9.26 Å². The second-order valence-electron chi connectivity index (χ2n) is 4.97. The number of ether oxygens (including phenoxy) is 1. The van der Waals surface area contributed by atoms with Gasteiger partial charge in [-0.15, -0.1) is 0 Å². The van der Waals surface area contributed by atoms with Crippen molar-refractivity contribution >= 4 is 0 Å². The van der Waals surface area contributed by atoms with E-state index >= 15 is 0 Å². The fourth-order valence-corrected chi connectivity index (χ4v) is 2.00. The van der Waals surface area contributed by atoms with Crippen LogP contribution in [-0.2, 0) is 6.61 Å². The van der Waals surface area contributed by atoms with Crippen LogP contribution in [0.3, 0.4) is 0 Å². The number of aryl methyl sites for hydroxylation is 1. The Hall–Kier alpha value is -1.81. The Kier molecular flexibility index (Phi) is 5.18. The molecule has 0 saturated carbocycles. The van der Waals surface area contributed by atoms with Crippen molar-refractivity contribution in [1.82, 2.24) is 10.5 Å². The molecule has 1 heterocycles. The standard InChI is InChI=1S/C16H22N2O2/c1-4-8-17-13(3)14-6-5-7-16(10-14)19-11-15-9-12(2)20-18-15/h5-7,9-10,13,17H,4,8,11H2,1-3H3. The van der Waals surface area contributed by atoms with Crippen molar-refractivity contribution in [2.75, 3.05) is 6.54 Å². The third kappa shape index (κ3) is 4.10. The molecular weight excluding hydrogens is 252 g/mol. The molecule has 4 nitrogen and oxygen atoms in total. The lowest BCUT2D eigenvalue weighted by Gasteiger charge is -2.14. The van der Waals surface area contributed by atoms with Crippen LogP contribution in [0.25, 0.3) is 0 Å². The fraction of sp³-hybridized carbons (Fsp3) is 0.438. The van der Waals surface area contributed by atoms with Crippen LogP contribution in [0, 0.1) is 6.92 Å². The van der Waals surface area contributed by atoms with Gasteiger partial charge in [-0.1, -0.05) is 24.2 Å². The number of nitrogens with one attached hydrogen (secondary N) is 1. The van der Waals surface area contributed by atoms with E-state index in [-0.39, 0.29) is 0 Å². The van der Waals surface area contributed by atoms with E-state index in [1.807, 2.05) is 25.1 Å². The van der Waals surface area contributed by atoms with Crippen molar-refractivity contribution in [3.8, 4) is 5.75 Å². The van der Waals surface area contributed by atoms with Gasteiger partial charge in [0.1, 0.15) is 23.8 Å². The monoisotopic (exact) mass is 274 g/mol. The molecular formula is C16H22N2O2. The Balaban J connectivity index is 1.95. The number of hydrogen-bond donors (Lipinski definition) is 1. The highest BCUT2D eigenvalue weighted by Gasteiger charge is 2.06. The van der Waals surface area contributed by atoms with Gasteiger partial charge in [0.2, 0.25) is 0 Å². The molecule has 0 saturated heterocycles. The molecule has 1 atom stereocenters. The molecule has 2 rings (SSSR count). The Labute approximate surface area is 120 Å². The summed E-state index contributed by atoms with van der Waals surface area (Å²) in [6.45, 7) is 7.65. The lowest BCUT2D eigenvalue weighted by molar-refractivity contribution is 0.287. The first kappa shape index (κ1) is 14.6. The molecule has 1 aromatic carbocycles. The zero-order valence-corrected chi connectivity index (χ0v) is 12.3. The zero-order chi connectivity index (χ0) is 14.4. The third-order valence-electron chi connectivity index (χ3n) is 3.12. The van der Waals surface area contributed by atoms with Gasteiger partial charge in [0.15, 0.2) is 0 Å². The predicted molar refractivity (Wildman–Crippen MR) is 78.7 cm³/mol. The highest BCUT2D eigenvalue weighted by molar-refractivity contribution is 5.30. The maximum atomic E-state index is 5.75. The lowest BCUT2D eigenvalue weighted by Crippen LogP contribution is -2.19. The van der Waals surface area contributed by atoms with Gasteiger partial charge < -0.3 is 14.6 Å². The van der Waals surface area contributed by atoms with Gasteiger partial charge in [-0.3, -0.25) is 0 Å². The van der Waals surface area contributed by atoms with Crippen molar-refractivity contribution in [2.45, 2.75) is 39.8 Å². The second kappa shape index (κ2) is 7.10. The van der Waals surface area contributed by atoms with Crippen LogP contribution in [0.1, 0.15) is 43.3 Å². The van der Waals surface area contributed by atoms with Crippen LogP contribution in [0.5, 0.6) is 5.75 Å². The zero-order valence-electron chi connectivity index (χ0n) is 12.3. The summed E-state index contributed by atoms with van der Waals surface area (Å²) in [4.78, 5) is 0. The summed E-state index contributed by atoms with van der Waals surface area (Å²) in [6.07, 6.45) is 1.13. The number of benzene rings is 1. The van der Waals surface area contributed by atoms with Gasteiger partial charge in [0.05, 0.1) is 0 Å². The van der Waals surface area contributed by atoms with Crippen LogP contribution in [0.15, 0.2) is 34.9 Å². The quantitative estimate of drug-likeness (QED) is 0.837. The summed E-state index contributed by atoms with van der Waals surface area (Å²) in [6, 6.07) is 10.4. The molecule has 1 N–H and O–H groups in total. The normalized spacial score (nSPS) is 12.3. The van der Waals surface area contributed by atoms with Crippen LogP contribution >= 0.6 is 0 Å². The number of hydrogen-bond acceptors (Lipinski definition) is 4. The second-order valence-corrected chi connectivity index (χ2v) is 4.97. The minimum absolute atomic E-state index is 0.327. The molecule has 1 unspecified atom stereocenters. The summed E-state index contributed by atoms with van der Waals surface area (Å²) in [7, 11) is 0. The molecule has 0 radical (unpaired) electrons. The van der Waals surface area contributed by atoms with Gasteiger partial charge in [-0.25, -0.2) is 0 Å². The first-order valence-corrected chi connectivity index (χ1v) is 7.07. The Morgan fingerprint density at radius 3 is 2.90 bits per heavy atom. The van der Waals surface area contributed by atoms with E-state index in [1.165, 1.54) is 5.56 Å². The van der Waals surface area contributed by atoms with Crippen molar-refractivity contribution < 1.29 is 9.26 Å². The fourth-order valence-electron chi connectivity index (χ4n) is 2.00. The number of rotatable bonds is 7. The first-order valence-electron chi connectivity index (χ1n) is 7.07. The molecule has 2 aromatic rings. The van der Waals surface area contributed by atoms with Crippen molar-refractivity contribution in [3.63, 3.8) is 0 Å². The van der Waals surface area contributed by atoms with E-state index in [0.29, 0.717) is 12.6 Å². The average Bonchev–Trinajstić information content (AvgIpc) is 2.88. The first-order chi connectivity index (χ1) is 9.69. The number of nitrogens with zero attached hydrogens (tertiary/aromatic N) is 1. The summed E-state index contributed by atoms with van der Waals surface area (Å²) >= 11 is 0. The molecule has 1 aromatic heterocycles. The van der Waals surface area contributed by atoms with Gasteiger partial charge in [0.25, 0.3) is 0 Å². The van der Waals surface area contributed by atoms with E-state index in [9.17, 15) is 0 Å². The largest absolute Gasteiger partial charge is 0.487 e. The third-order valence-corrected chi connectivity index (χ3v) is 3.12. The van der Waals surface area contributed by atoms with Crippen LogP contribution in [0.4, 0.5) is 0 Å². The maximum Gasteiger partial charge on any atom is 0.134 e. The predicted octanol–water partition coefficient (Wildman–Crippen LogP) is 3.62. The molecule has 4 heteroatoms. The minimum Gasteiger partial charge on any atom is -0.487 e. The van der Waals surface area contributed by atoms with E-state index in [0.717, 1.165) is 30.2 Å². The van der Waals surface area contributed by atoms with Gasteiger partial charge in [0, 0.05) is 12.1 Å². The van der Waals surface area contributed by atoms with Crippen LogP contribution in [-0.4, -0.2) is 11.7 Å². The Morgan fingerprint density at radius 1 is 1.35 bits per heavy atom. The topological polar surface area (TPSA) is 47.3 Å². The summed E-state index contributed by atoms with van der Waals surface area (Å²) in [5.74, 6) is 1.66. The Bertz CT molecular complexity index is 537. The van der Waals surface area contributed by atoms with Crippen molar-refractivity contribution in [1.29, 1.82) is 0 Å². The minimum atomic E-state index is 0.327. The summed E-state index contributed by atoms with van der Waals surface area (Å²) in [5.41, 5.74) is 2.04. The Morgan fingerprint density at radius 2 is 2.20 bits per heavy atom. The highest BCUT2D eigenvalue weighted by atomic mass is 16.5. The summed E-state index contributed by atoms with van der Waals surface area (Å²) in [5, 5.41) is 7.39. The molecule has 0 bridgehead atoms. The SMILES string of the molecule is CCCNC(C)c1cccc(OCc2cc(C)on2)c1. The van der Waals surface area contributed by atoms with Crippen molar-refractivity contribution in [2.24, 2.45) is 0 Å². The van der Waals surface area contributed by atoms with Crippen LogP contribution < -0.4 is 10.1 Å². The van der Waals surface area contributed by atoms with Gasteiger partial charge in [-0.05, 0) is 44.5 Å². The van der Waals surface area contributed by atoms with Crippen LogP contribution in [0.2, 0.25) is 0 Å². The smallest absolute Gasteiger partial charge is 0.134 e. The highest BCUT2D eigenvalue weighted by Crippen LogP contribution is 2.20. The molecule has 0 aliphatic heterocycles. The van der Waals surface area contributed by atoms with Crippen molar-refractivity contribution in [3.05, 3.63) is 47.3 Å². The molecule has 0 aliphatic carbocycles. The molecule has 108 valence electrons.